The van der Waals surface area contributed by atoms with E-state index in [0.717, 1.165) is 48.4 Å². The van der Waals surface area contributed by atoms with E-state index < -0.39 is 0 Å². The molecule has 0 amide bonds. The number of aryl methyl sites for hydroxylation is 1. The number of hydrogen-bond acceptors (Lipinski definition) is 5. The SMILES string of the molecule is CCCNc1cc(-n2ccnc2CCC)nc(SC)n1. The van der Waals surface area contributed by atoms with Crippen LogP contribution in [0.3, 0.4) is 0 Å². The van der Waals surface area contributed by atoms with E-state index in [1.807, 2.05) is 29.3 Å². The van der Waals surface area contributed by atoms with Gasteiger partial charge in [0.2, 0.25) is 0 Å². The Morgan fingerprint density at radius 3 is 2.80 bits per heavy atom. The smallest absolute Gasteiger partial charge is 0.191 e. The van der Waals surface area contributed by atoms with Crippen LogP contribution in [0, 0.1) is 0 Å². The molecule has 1 N–H and O–H groups in total. The molecule has 0 radical (unpaired) electrons. The summed E-state index contributed by atoms with van der Waals surface area (Å²) in [5, 5.41) is 4.10. The molecule has 0 bridgehead atoms. The van der Waals surface area contributed by atoms with Crippen molar-refractivity contribution in [3.8, 4) is 5.82 Å². The molecule has 0 saturated heterocycles. The van der Waals surface area contributed by atoms with Gasteiger partial charge in [-0.15, -0.1) is 0 Å². The van der Waals surface area contributed by atoms with Crippen LogP contribution in [0.4, 0.5) is 5.82 Å². The van der Waals surface area contributed by atoms with Gasteiger partial charge >= 0.3 is 0 Å². The van der Waals surface area contributed by atoms with Crippen LogP contribution in [0.1, 0.15) is 32.5 Å². The van der Waals surface area contributed by atoms with Gasteiger partial charge in [0.15, 0.2) is 5.16 Å². The summed E-state index contributed by atoms with van der Waals surface area (Å²) < 4.78 is 2.04. The minimum absolute atomic E-state index is 0.775. The fourth-order valence-electron chi connectivity index (χ4n) is 1.92. The Hall–Kier alpha value is -1.56. The van der Waals surface area contributed by atoms with Crippen molar-refractivity contribution in [1.29, 1.82) is 0 Å². The van der Waals surface area contributed by atoms with Gasteiger partial charge < -0.3 is 5.32 Å². The summed E-state index contributed by atoms with van der Waals surface area (Å²) in [5.74, 6) is 2.79. The molecule has 108 valence electrons. The highest BCUT2D eigenvalue weighted by atomic mass is 32.2. The molecule has 0 unspecified atom stereocenters. The van der Waals surface area contributed by atoms with Crippen molar-refractivity contribution >= 4 is 17.6 Å². The molecule has 0 spiro atoms. The van der Waals surface area contributed by atoms with Crippen molar-refractivity contribution in [2.75, 3.05) is 18.1 Å². The van der Waals surface area contributed by atoms with Crippen molar-refractivity contribution in [2.24, 2.45) is 0 Å². The van der Waals surface area contributed by atoms with E-state index >= 15 is 0 Å². The molecule has 2 aromatic heterocycles. The molecule has 2 aromatic rings. The van der Waals surface area contributed by atoms with E-state index in [1.54, 1.807) is 11.8 Å². The van der Waals surface area contributed by atoms with Crippen LogP contribution in [-0.2, 0) is 6.42 Å². The molecule has 0 fully saturated rings. The van der Waals surface area contributed by atoms with Gasteiger partial charge in [-0.05, 0) is 19.1 Å². The van der Waals surface area contributed by atoms with Crippen LogP contribution in [-0.4, -0.2) is 32.3 Å². The molecule has 2 rings (SSSR count). The molecule has 0 aliphatic rings. The number of hydrogen-bond donors (Lipinski definition) is 1. The highest BCUT2D eigenvalue weighted by molar-refractivity contribution is 7.98. The molecule has 0 aliphatic heterocycles. The molecule has 0 atom stereocenters. The maximum Gasteiger partial charge on any atom is 0.191 e. The number of rotatable bonds is 7. The third-order valence-corrected chi connectivity index (χ3v) is 3.42. The summed E-state index contributed by atoms with van der Waals surface area (Å²) in [4.78, 5) is 13.5. The highest BCUT2D eigenvalue weighted by Gasteiger charge is 2.09. The summed E-state index contributed by atoms with van der Waals surface area (Å²) in [6.07, 6.45) is 8.86. The first-order valence-electron chi connectivity index (χ1n) is 6.98. The lowest BCUT2D eigenvalue weighted by Gasteiger charge is -2.10. The molecule has 5 nitrogen and oxygen atoms in total. The lowest BCUT2D eigenvalue weighted by Crippen LogP contribution is -2.08. The Labute approximate surface area is 124 Å². The van der Waals surface area contributed by atoms with Gasteiger partial charge in [-0.25, -0.2) is 15.0 Å². The zero-order valence-corrected chi connectivity index (χ0v) is 13.1. The molecular formula is C14H21N5S. The fraction of sp³-hybridized carbons (Fsp3) is 0.500. The van der Waals surface area contributed by atoms with E-state index in [4.69, 9.17) is 0 Å². The molecule has 0 aliphatic carbocycles. The van der Waals surface area contributed by atoms with Gasteiger partial charge in [0.05, 0.1) is 0 Å². The maximum absolute atomic E-state index is 4.58. The van der Waals surface area contributed by atoms with Crippen molar-refractivity contribution in [2.45, 2.75) is 38.3 Å². The molecule has 20 heavy (non-hydrogen) atoms. The monoisotopic (exact) mass is 291 g/mol. The van der Waals surface area contributed by atoms with Crippen molar-refractivity contribution in [1.82, 2.24) is 19.5 Å². The predicted octanol–water partition coefficient (Wildman–Crippen LogP) is 3.16. The minimum atomic E-state index is 0.775. The quantitative estimate of drug-likeness (QED) is 0.627. The Balaban J connectivity index is 2.36. The molecular weight excluding hydrogens is 270 g/mol. The topological polar surface area (TPSA) is 55.6 Å². The lowest BCUT2D eigenvalue weighted by molar-refractivity contribution is 0.783. The average molecular weight is 291 g/mol. The molecule has 0 aromatic carbocycles. The van der Waals surface area contributed by atoms with Crippen LogP contribution >= 0.6 is 11.8 Å². The number of nitrogens with zero attached hydrogens (tertiary/aromatic N) is 4. The van der Waals surface area contributed by atoms with Gasteiger partial charge in [-0.2, -0.15) is 0 Å². The highest BCUT2D eigenvalue weighted by Crippen LogP contribution is 2.18. The zero-order chi connectivity index (χ0) is 14.4. The standard InChI is InChI=1S/C14H21N5S/c1-4-6-12-16-8-9-19(12)13-10-11(15-7-5-2)17-14(18-13)20-3/h8-10H,4-7H2,1-3H3,(H,15,17,18). The number of thioether (sulfide) groups is 1. The van der Waals surface area contributed by atoms with Crippen molar-refractivity contribution in [3.05, 3.63) is 24.3 Å². The second-order valence-corrected chi connectivity index (χ2v) is 5.26. The van der Waals surface area contributed by atoms with Crippen LogP contribution in [0.15, 0.2) is 23.6 Å². The fourth-order valence-corrected chi connectivity index (χ4v) is 2.30. The number of nitrogens with one attached hydrogen (secondary N) is 1. The molecule has 0 saturated carbocycles. The normalized spacial score (nSPS) is 10.8. The number of anilines is 1. The Morgan fingerprint density at radius 2 is 2.10 bits per heavy atom. The van der Waals surface area contributed by atoms with E-state index in [2.05, 4.69) is 34.1 Å². The van der Waals surface area contributed by atoms with E-state index in [0.29, 0.717) is 0 Å². The van der Waals surface area contributed by atoms with Gasteiger partial charge in [-0.1, -0.05) is 25.6 Å². The summed E-state index contributed by atoms with van der Waals surface area (Å²) >= 11 is 1.55. The van der Waals surface area contributed by atoms with Crippen LogP contribution < -0.4 is 5.32 Å². The zero-order valence-electron chi connectivity index (χ0n) is 12.3. The van der Waals surface area contributed by atoms with Gasteiger partial charge in [-0.3, -0.25) is 4.57 Å². The van der Waals surface area contributed by atoms with Crippen LogP contribution in [0.5, 0.6) is 0 Å². The first-order valence-corrected chi connectivity index (χ1v) is 8.20. The van der Waals surface area contributed by atoms with Crippen LogP contribution in [0.25, 0.3) is 5.82 Å². The summed E-state index contributed by atoms with van der Waals surface area (Å²) in [6, 6.07) is 1.98. The van der Waals surface area contributed by atoms with E-state index in [-0.39, 0.29) is 0 Å². The molecule has 6 heteroatoms. The Morgan fingerprint density at radius 1 is 1.25 bits per heavy atom. The van der Waals surface area contributed by atoms with Crippen LogP contribution in [0.2, 0.25) is 0 Å². The van der Waals surface area contributed by atoms with Crippen molar-refractivity contribution < 1.29 is 0 Å². The van der Waals surface area contributed by atoms with Crippen molar-refractivity contribution in [3.63, 3.8) is 0 Å². The maximum atomic E-state index is 4.58. The summed E-state index contributed by atoms with van der Waals surface area (Å²) in [5.41, 5.74) is 0. The van der Waals surface area contributed by atoms with Gasteiger partial charge in [0.1, 0.15) is 17.5 Å². The minimum Gasteiger partial charge on any atom is -0.370 e. The third-order valence-electron chi connectivity index (χ3n) is 2.87. The Bertz CT molecular complexity index is 552. The summed E-state index contributed by atoms with van der Waals surface area (Å²) in [7, 11) is 0. The second kappa shape index (κ2) is 7.28. The molecule has 2 heterocycles. The number of aromatic nitrogens is 4. The second-order valence-electron chi connectivity index (χ2n) is 4.49. The van der Waals surface area contributed by atoms with Gasteiger partial charge in [0, 0.05) is 31.4 Å². The van der Waals surface area contributed by atoms with Gasteiger partial charge in [0.25, 0.3) is 0 Å². The summed E-state index contributed by atoms with van der Waals surface area (Å²) in [6.45, 7) is 5.20. The first kappa shape index (κ1) is 14.8. The number of imidazole rings is 1. The lowest BCUT2D eigenvalue weighted by atomic mass is 10.3. The van der Waals surface area contributed by atoms with E-state index in [9.17, 15) is 0 Å². The first-order chi connectivity index (χ1) is 9.78. The third kappa shape index (κ3) is 3.50. The van der Waals surface area contributed by atoms with E-state index in [1.165, 1.54) is 0 Å². The Kier molecular flexibility index (Phi) is 5.40. The largest absolute Gasteiger partial charge is 0.370 e. The average Bonchev–Trinajstić information content (AvgIpc) is 2.93. The predicted molar refractivity (Wildman–Crippen MR) is 83.7 cm³/mol.